The van der Waals surface area contributed by atoms with Gasteiger partial charge in [-0.3, -0.25) is 5.01 Å². The molecule has 0 unspecified atom stereocenters. The second-order valence-electron chi connectivity index (χ2n) is 9.77. The maximum absolute atomic E-state index is 4.80. The first-order valence-corrected chi connectivity index (χ1v) is 12.9. The molecule has 0 saturated carbocycles. The van der Waals surface area contributed by atoms with Crippen molar-refractivity contribution in [1.82, 2.24) is 25.1 Å². The standard InChI is InChI=1S/C28H35BN8/c1-4-35(3)33-9-8-25-17-30-19-27-24(16-31-25)21-37(27)20-22-6-5-7-23(14-22)28-29-15-26(18-32-28)36-12-10-34(2)11-13-36/h4-7,9,14-16,18-19,30H,1,8,10-13,17,20-21H2,2-3H3/b24-16-,27-19-,31-25-,33-9-. The molecule has 1 N–H and O–H groups in total. The Bertz CT molecular complexity index is 1220. The van der Waals surface area contributed by atoms with Gasteiger partial charge < -0.3 is 0 Å². The van der Waals surface area contributed by atoms with Gasteiger partial charge in [-0.05, 0) is 0 Å². The average molecular weight is 494 g/mol. The number of hydrazone groups is 1. The van der Waals surface area contributed by atoms with Crippen molar-refractivity contribution >= 4 is 24.5 Å². The van der Waals surface area contributed by atoms with E-state index in [4.69, 9.17) is 9.98 Å². The summed E-state index contributed by atoms with van der Waals surface area (Å²) in [6.45, 7) is 12.6. The first kappa shape index (κ1) is 25.0. The number of fused-ring (bicyclic) bond motifs is 1. The van der Waals surface area contributed by atoms with Crippen molar-refractivity contribution in [3.63, 3.8) is 0 Å². The topological polar surface area (TPSA) is 62.6 Å². The van der Waals surface area contributed by atoms with E-state index in [1.54, 1.807) is 11.2 Å². The molecule has 2 saturated heterocycles. The number of benzene rings is 1. The Balaban J connectivity index is 1.20. The minimum absolute atomic E-state index is 0.705. The van der Waals surface area contributed by atoms with E-state index in [-0.39, 0.29) is 0 Å². The third kappa shape index (κ3) is 6.17. The third-order valence-electron chi connectivity index (χ3n) is 7.05. The van der Waals surface area contributed by atoms with E-state index in [9.17, 15) is 0 Å². The number of hydrogen-bond acceptors (Lipinski definition) is 8. The monoisotopic (exact) mass is 494 g/mol. The molecule has 1 aromatic heterocycles. The molecule has 1 aromatic carbocycles. The Kier molecular flexibility index (Phi) is 7.80. The van der Waals surface area contributed by atoms with Crippen LogP contribution in [0, 0.1) is 0 Å². The zero-order chi connectivity index (χ0) is 25.6. The first-order valence-electron chi connectivity index (χ1n) is 12.9. The molecule has 0 amide bonds. The van der Waals surface area contributed by atoms with Crippen molar-refractivity contribution < 1.29 is 0 Å². The van der Waals surface area contributed by atoms with Crippen molar-refractivity contribution in [2.24, 2.45) is 10.1 Å². The van der Waals surface area contributed by atoms with Crippen LogP contribution in [0.25, 0.3) is 11.2 Å². The fraction of sp³-hybridized carbons (Fsp3) is 0.357. The van der Waals surface area contributed by atoms with E-state index < -0.39 is 0 Å². The molecule has 3 aliphatic rings. The van der Waals surface area contributed by atoms with Gasteiger partial charge in [0.1, 0.15) is 0 Å². The van der Waals surface area contributed by atoms with Crippen LogP contribution in [0.5, 0.6) is 0 Å². The molecule has 3 aliphatic heterocycles. The second-order valence-corrected chi connectivity index (χ2v) is 9.77. The van der Waals surface area contributed by atoms with Gasteiger partial charge in [-0.2, -0.15) is 5.10 Å². The Morgan fingerprint density at radius 2 is 2.11 bits per heavy atom. The van der Waals surface area contributed by atoms with Gasteiger partial charge in [0.15, 0.2) is 0 Å². The Labute approximate surface area is 220 Å². The molecule has 0 atom stereocenters. The number of likely N-dealkylation sites (tertiary alicyclic amines) is 1. The quantitative estimate of drug-likeness (QED) is 0.450. The van der Waals surface area contributed by atoms with Crippen LogP contribution in [-0.4, -0.2) is 92.0 Å². The van der Waals surface area contributed by atoms with Gasteiger partial charge in [0, 0.05) is 19.5 Å². The van der Waals surface area contributed by atoms with Crippen molar-refractivity contribution in [1.29, 1.82) is 0 Å². The minimum atomic E-state index is 0.705. The summed E-state index contributed by atoms with van der Waals surface area (Å²) in [6, 6.07) is 8.72. The van der Waals surface area contributed by atoms with Gasteiger partial charge >= 0.3 is 184 Å². The molecule has 190 valence electrons. The van der Waals surface area contributed by atoms with E-state index in [0.717, 1.165) is 56.1 Å². The predicted octanol–water partition coefficient (Wildman–Crippen LogP) is 2.87. The van der Waals surface area contributed by atoms with Crippen molar-refractivity contribution in [2.75, 3.05) is 58.3 Å². The van der Waals surface area contributed by atoms with Crippen molar-refractivity contribution in [3.05, 3.63) is 78.4 Å². The summed E-state index contributed by atoms with van der Waals surface area (Å²) in [6.07, 6.45) is 10.4. The van der Waals surface area contributed by atoms with Gasteiger partial charge in [-0.15, -0.1) is 0 Å². The van der Waals surface area contributed by atoms with Crippen LogP contribution in [0.15, 0.2) is 83.0 Å². The summed E-state index contributed by atoms with van der Waals surface area (Å²) >= 11 is 0. The van der Waals surface area contributed by atoms with Crippen LogP contribution in [0.4, 0.5) is 5.69 Å². The number of rotatable bonds is 8. The zero-order valence-corrected chi connectivity index (χ0v) is 21.8. The Hall–Kier alpha value is -3.72. The number of hydrogen-bond donors (Lipinski definition) is 1. The molecule has 0 aliphatic carbocycles. The summed E-state index contributed by atoms with van der Waals surface area (Å²) < 4.78 is 0. The first-order chi connectivity index (χ1) is 18.1. The maximum atomic E-state index is 4.80. The number of aliphatic imine (C=N–C) groups is 1. The number of nitrogens with zero attached hydrogens (tertiary/aromatic N) is 7. The molecule has 0 spiro atoms. The van der Waals surface area contributed by atoms with Gasteiger partial charge in [-0.25, -0.2) is 0 Å². The van der Waals surface area contributed by atoms with Gasteiger partial charge in [0.2, 0.25) is 0 Å². The molecule has 2 fully saturated rings. The number of nitrogens with one attached hydrogen (secondary N) is 1. The molecule has 4 heterocycles. The van der Waals surface area contributed by atoms with E-state index in [2.05, 4.69) is 82.1 Å². The fourth-order valence-electron chi connectivity index (χ4n) is 4.70. The molecule has 2 aromatic rings. The zero-order valence-electron chi connectivity index (χ0n) is 21.8. The molecular formula is C28H35BN8. The van der Waals surface area contributed by atoms with Crippen LogP contribution < -0.4 is 10.2 Å². The number of piperazine rings is 1. The SMILES string of the molecule is C=CN(C)/N=C\C/C1=N/C=C2/CN(Cc3cccc(-c4bcc(N5CCN(C)CC5)cn4)c3)/C2=C\NC1. The molecule has 5 rings (SSSR count). The summed E-state index contributed by atoms with van der Waals surface area (Å²) in [5.74, 6) is 2.20. The molecule has 0 bridgehead atoms. The van der Waals surface area contributed by atoms with Crippen LogP contribution >= 0.6 is 0 Å². The summed E-state index contributed by atoms with van der Waals surface area (Å²) in [5, 5.41) is 9.39. The van der Waals surface area contributed by atoms with E-state index in [0.29, 0.717) is 13.0 Å². The van der Waals surface area contributed by atoms with E-state index >= 15 is 0 Å². The normalized spacial score (nSPS) is 22.2. The fourth-order valence-corrected chi connectivity index (χ4v) is 4.70. The number of likely N-dealkylation sites (N-methyl/N-ethyl adjacent to an activating group) is 1. The van der Waals surface area contributed by atoms with Gasteiger partial charge in [0.25, 0.3) is 0 Å². The Morgan fingerprint density at radius 1 is 1.24 bits per heavy atom. The van der Waals surface area contributed by atoms with Gasteiger partial charge in [0.05, 0.1) is 0 Å². The second kappa shape index (κ2) is 11.6. The molecule has 37 heavy (non-hydrogen) atoms. The van der Waals surface area contributed by atoms with Crippen LogP contribution in [0.1, 0.15) is 12.0 Å². The van der Waals surface area contributed by atoms with Crippen LogP contribution in [0.2, 0.25) is 0 Å². The van der Waals surface area contributed by atoms with E-state index in [1.165, 1.54) is 22.5 Å². The summed E-state index contributed by atoms with van der Waals surface area (Å²) in [5.41, 5.74) is 8.17. The van der Waals surface area contributed by atoms with E-state index in [1.807, 2.05) is 25.7 Å². The molecule has 8 nitrogen and oxygen atoms in total. The van der Waals surface area contributed by atoms with Gasteiger partial charge in [-0.1, -0.05) is 6.58 Å². The van der Waals surface area contributed by atoms with Crippen molar-refractivity contribution in [3.8, 4) is 11.2 Å². The van der Waals surface area contributed by atoms with Crippen molar-refractivity contribution in [2.45, 2.75) is 13.0 Å². The summed E-state index contributed by atoms with van der Waals surface area (Å²) in [7, 11) is 4.04. The molecular weight excluding hydrogens is 459 g/mol. The molecule has 9 heteroatoms. The average Bonchev–Trinajstić information content (AvgIpc) is 2.91. The predicted molar refractivity (Wildman–Crippen MR) is 154 cm³/mol. The number of aromatic nitrogens is 1. The summed E-state index contributed by atoms with van der Waals surface area (Å²) in [4.78, 5) is 16.7. The van der Waals surface area contributed by atoms with Crippen LogP contribution in [-0.2, 0) is 6.54 Å². The third-order valence-corrected chi connectivity index (χ3v) is 7.05. The molecule has 0 radical (unpaired) electrons. The van der Waals surface area contributed by atoms with Crippen LogP contribution in [0.3, 0.4) is 0 Å². The number of anilines is 1. The Morgan fingerprint density at radius 3 is 2.89 bits per heavy atom.